The number of amides is 1. The van der Waals surface area contributed by atoms with Crippen molar-refractivity contribution in [3.8, 4) is 0 Å². The molecule has 0 aromatic heterocycles. The van der Waals surface area contributed by atoms with Crippen LogP contribution in [0.5, 0.6) is 0 Å². The number of carbonyl (C=O) groups excluding carboxylic acids is 1. The molecule has 3 aliphatic rings. The largest absolute Gasteiger partial charge is 0.373 e. The molecular formula is C24H23ClFN5O. The number of benzene rings is 2. The van der Waals surface area contributed by atoms with E-state index in [1.54, 1.807) is 41.3 Å². The molecule has 1 saturated heterocycles. The van der Waals surface area contributed by atoms with E-state index in [0.717, 1.165) is 32.7 Å². The highest BCUT2D eigenvalue weighted by Crippen LogP contribution is 2.34. The van der Waals surface area contributed by atoms with Crippen molar-refractivity contribution in [2.75, 3.05) is 44.2 Å². The van der Waals surface area contributed by atoms with Gasteiger partial charge in [-0.1, -0.05) is 30.7 Å². The minimum Gasteiger partial charge on any atom is -0.373 e. The van der Waals surface area contributed by atoms with Crippen LogP contribution in [0.15, 0.2) is 64.3 Å². The van der Waals surface area contributed by atoms with Gasteiger partial charge in [0.25, 0.3) is 5.91 Å². The molecule has 6 nitrogen and oxygen atoms in total. The van der Waals surface area contributed by atoms with Crippen LogP contribution in [-0.4, -0.2) is 66.5 Å². The lowest BCUT2D eigenvalue weighted by Gasteiger charge is -2.33. The van der Waals surface area contributed by atoms with Crippen molar-refractivity contribution in [1.29, 1.82) is 0 Å². The standard InChI is InChI=1S/C24H23ClFN5O/c1-2-29-9-11-30(12-10-29)15-20-24(32)31-21-8-7-16(25)13-18(21)23(27-14-22(31)28-20)17-5-3-4-6-19(17)26/h3-8,13,15H,2,9-12,14H2,1H3/b20-15+. The normalized spacial score (nSPS) is 20.1. The zero-order valence-electron chi connectivity index (χ0n) is 17.8. The molecule has 164 valence electrons. The summed E-state index contributed by atoms with van der Waals surface area (Å²) in [6, 6.07) is 11.7. The molecule has 0 radical (unpaired) electrons. The maximum Gasteiger partial charge on any atom is 0.284 e. The molecule has 2 aromatic rings. The molecule has 5 rings (SSSR count). The van der Waals surface area contributed by atoms with Gasteiger partial charge >= 0.3 is 0 Å². The van der Waals surface area contributed by atoms with E-state index in [4.69, 9.17) is 11.6 Å². The number of hydrogen-bond acceptors (Lipinski definition) is 5. The molecule has 1 fully saturated rings. The van der Waals surface area contributed by atoms with Crippen LogP contribution in [0.1, 0.15) is 18.1 Å². The monoisotopic (exact) mass is 451 g/mol. The lowest BCUT2D eigenvalue weighted by Crippen LogP contribution is -2.44. The molecule has 0 N–H and O–H groups in total. The van der Waals surface area contributed by atoms with Gasteiger partial charge < -0.3 is 9.80 Å². The molecule has 1 amide bonds. The summed E-state index contributed by atoms with van der Waals surface area (Å²) in [5.41, 5.74) is 2.45. The third-order valence-electron chi connectivity index (χ3n) is 6.05. The first-order valence-electron chi connectivity index (χ1n) is 10.7. The second-order valence-corrected chi connectivity index (χ2v) is 8.40. The first kappa shape index (κ1) is 20.8. The maximum atomic E-state index is 14.6. The summed E-state index contributed by atoms with van der Waals surface area (Å²) in [5.74, 6) is -0.0471. The summed E-state index contributed by atoms with van der Waals surface area (Å²) in [5, 5.41) is 0.490. The number of aliphatic imine (C=N–C) groups is 2. The van der Waals surface area contributed by atoms with E-state index in [1.807, 2.05) is 6.20 Å². The van der Waals surface area contributed by atoms with Crippen molar-refractivity contribution in [2.45, 2.75) is 6.92 Å². The third-order valence-corrected chi connectivity index (χ3v) is 6.29. The van der Waals surface area contributed by atoms with Crippen molar-refractivity contribution in [2.24, 2.45) is 9.98 Å². The quantitative estimate of drug-likeness (QED) is 0.670. The second kappa shape index (κ2) is 8.48. The number of anilines is 1. The van der Waals surface area contributed by atoms with E-state index in [9.17, 15) is 9.18 Å². The summed E-state index contributed by atoms with van der Waals surface area (Å²) >= 11 is 6.28. The highest BCUT2D eigenvalue weighted by atomic mass is 35.5. The Morgan fingerprint density at radius 1 is 1.09 bits per heavy atom. The SMILES string of the molecule is CCN1CCN(/C=C2/N=C3CN=C(c4ccccc4F)c4cc(Cl)ccc4N3C2=O)CC1. The average Bonchev–Trinajstić information content (AvgIpc) is 3.01. The van der Waals surface area contributed by atoms with E-state index in [-0.39, 0.29) is 18.3 Å². The molecule has 32 heavy (non-hydrogen) atoms. The van der Waals surface area contributed by atoms with Crippen molar-refractivity contribution in [1.82, 2.24) is 9.80 Å². The van der Waals surface area contributed by atoms with Crippen molar-refractivity contribution in [3.63, 3.8) is 0 Å². The Morgan fingerprint density at radius 3 is 2.62 bits per heavy atom. The molecule has 3 heterocycles. The topological polar surface area (TPSA) is 51.5 Å². The fraction of sp³-hybridized carbons (Fsp3) is 0.292. The minimum atomic E-state index is -0.376. The Hall–Kier alpha value is -3.03. The van der Waals surface area contributed by atoms with E-state index in [2.05, 4.69) is 26.7 Å². The van der Waals surface area contributed by atoms with Crippen LogP contribution >= 0.6 is 11.6 Å². The van der Waals surface area contributed by atoms with Gasteiger partial charge in [-0.15, -0.1) is 0 Å². The van der Waals surface area contributed by atoms with Gasteiger partial charge in [0.2, 0.25) is 0 Å². The van der Waals surface area contributed by atoms with Gasteiger partial charge in [0, 0.05) is 48.5 Å². The van der Waals surface area contributed by atoms with E-state index in [0.29, 0.717) is 39.1 Å². The summed E-state index contributed by atoms with van der Waals surface area (Å²) in [6.07, 6.45) is 1.86. The van der Waals surface area contributed by atoms with Gasteiger partial charge in [0.05, 0.1) is 17.9 Å². The maximum absolute atomic E-state index is 14.6. The number of piperazine rings is 1. The third kappa shape index (κ3) is 3.72. The van der Waals surface area contributed by atoms with Crippen molar-refractivity contribution in [3.05, 3.63) is 76.3 Å². The predicted octanol–water partition coefficient (Wildman–Crippen LogP) is 3.55. The van der Waals surface area contributed by atoms with E-state index in [1.165, 1.54) is 6.07 Å². The van der Waals surface area contributed by atoms with Gasteiger partial charge in [-0.05, 0) is 36.9 Å². The van der Waals surface area contributed by atoms with Gasteiger partial charge in [-0.25, -0.2) is 9.38 Å². The molecule has 0 atom stereocenters. The number of fused-ring (bicyclic) bond motifs is 3. The number of carbonyl (C=O) groups is 1. The molecule has 0 bridgehead atoms. The fourth-order valence-electron chi connectivity index (χ4n) is 4.30. The summed E-state index contributed by atoms with van der Waals surface area (Å²) < 4.78 is 14.6. The number of likely N-dealkylation sites (N-methyl/N-ethyl adjacent to an activating group) is 1. The van der Waals surface area contributed by atoms with Gasteiger partial charge in [0.15, 0.2) is 0 Å². The first-order valence-corrected chi connectivity index (χ1v) is 11.1. The Balaban J connectivity index is 1.54. The Bertz CT molecular complexity index is 1170. The Kier molecular flexibility index (Phi) is 5.53. The number of amidine groups is 1. The molecule has 3 aliphatic heterocycles. The lowest BCUT2D eigenvalue weighted by atomic mass is 9.99. The Labute approximate surface area is 191 Å². The number of rotatable bonds is 3. The van der Waals surface area contributed by atoms with Crippen molar-refractivity contribution >= 4 is 34.7 Å². The molecular weight excluding hydrogens is 429 g/mol. The van der Waals surface area contributed by atoms with Gasteiger partial charge in [-0.2, -0.15) is 0 Å². The van der Waals surface area contributed by atoms with Crippen LogP contribution < -0.4 is 4.90 Å². The summed E-state index contributed by atoms with van der Waals surface area (Å²) in [7, 11) is 0. The fourth-order valence-corrected chi connectivity index (χ4v) is 4.47. The molecule has 0 unspecified atom stereocenters. The summed E-state index contributed by atoms with van der Waals surface area (Å²) in [4.78, 5) is 28.8. The number of hydrogen-bond donors (Lipinski definition) is 0. The van der Waals surface area contributed by atoms with Crippen LogP contribution in [0.3, 0.4) is 0 Å². The van der Waals surface area contributed by atoms with Crippen LogP contribution in [-0.2, 0) is 4.79 Å². The molecule has 2 aromatic carbocycles. The molecule has 8 heteroatoms. The van der Waals surface area contributed by atoms with Gasteiger partial charge in [-0.3, -0.25) is 14.7 Å². The van der Waals surface area contributed by atoms with Crippen LogP contribution in [0, 0.1) is 5.82 Å². The smallest absolute Gasteiger partial charge is 0.284 e. The van der Waals surface area contributed by atoms with E-state index >= 15 is 0 Å². The highest BCUT2D eigenvalue weighted by Gasteiger charge is 2.36. The summed E-state index contributed by atoms with van der Waals surface area (Å²) in [6.45, 7) is 7.00. The van der Waals surface area contributed by atoms with Crippen molar-refractivity contribution < 1.29 is 9.18 Å². The van der Waals surface area contributed by atoms with Gasteiger partial charge in [0.1, 0.15) is 17.3 Å². The van der Waals surface area contributed by atoms with Crippen LogP contribution in [0.2, 0.25) is 5.02 Å². The highest BCUT2D eigenvalue weighted by molar-refractivity contribution is 6.34. The van der Waals surface area contributed by atoms with Crippen LogP contribution in [0.4, 0.5) is 10.1 Å². The lowest BCUT2D eigenvalue weighted by molar-refractivity contribution is -0.114. The Morgan fingerprint density at radius 2 is 1.88 bits per heavy atom. The predicted molar refractivity (Wildman–Crippen MR) is 125 cm³/mol. The zero-order valence-corrected chi connectivity index (χ0v) is 18.5. The second-order valence-electron chi connectivity index (χ2n) is 7.96. The molecule has 0 spiro atoms. The molecule has 0 saturated carbocycles. The minimum absolute atomic E-state index is 0.169. The first-order chi connectivity index (χ1) is 15.5. The van der Waals surface area contributed by atoms with E-state index < -0.39 is 0 Å². The number of halogens is 2. The molecule has 0 aliphatic carbocycles. The zero-order chi connectivity index (χ0) is 22.2. The average molecular weight is 452 g/mol. The van der Waals surface area contributed by atoms with Crippen LogP contribution in [0.25, 0.3) is 0 Å². The number of nitrogens with zero attached hydrogens (tertiary/aromatic N) is 5.